The second-order valence-electron chi connectivity index (χ2n) is 2.40. The van der Waals surface area contributed by atoms with Crippen molar-refractivity contribution in [3.05, 3.63) is 20.8 Å². The molecule has 64 valence electrons. The number of rotatable bonds is 3. The van der Waals surface area contributed by atoms with Gasteiger partial charge < -0.3 is 0 Å². The summed E-state index contributed by atoms with van der Waals surface area (Å²) in [5.74, 6) is 0. The van der Waals surface area contributed by atoms with Crippen molar-refractivity contribution < 1.29 is 0 Å². The molecule has 4 heteroatoms. The molecule has 0 aromatic carbocycles. The Labute approximate surface area is 84.3 Å². The zero-order valence-corrected chi connectivity index (χ0v) is 9.08. The molecule has 0 saturated carbocycles. The molecule has 0 bridgehead atoms. The number of hydrogen-bond acceptors (Lipinski definition) is 3. The van der Waals surface area contributed by atoms with Gasteiger partial charge in [-0.25, -0.2) is 0 Å². The van der Waals surface area contributed by atoms with E-state index in [2.05, 4.69) is 40.3 Å². The molecule has 1 atom stereocenters. The highest BCUT2D eigenvalue weighted by Gasteiger charge is 2.05. The highest BCUT2D eigenvalue weighted by molar-refractivity contribution is 9.11. The number of nitrogens with zero attached hydrogens (tertiary/aromatic N) is 1. The summed E-state index contributed by atoms with van der Waals surface area (Å²) in [6.45, 7) is 2.45. The van der Waals surface area contributed by atoms with Crippen LogP contribution in [-0.2, 0) is 0 Å². The van der Waals surface area contributed by atoms with Crippen LogP contribution in [0.3, 0.4) is 0 Å². The van der Waals surface area contributed by atoms with Crippen molar-refractivity contribution in [2.45, 2.75) is 13.0 Å². The van der Waals surface area contributed by atoms with Gasteiger partial charge in [0.25, 0.3) is 0 Å². The Bertz CT molecular complexity index is 289. The lowest BCUT2D eigenvalue weighted by molar-refractivity contribution is 0.631. The molecule has 0 fully saturated rings. The molecule has 2 nitrogen and oxygen atoms in total. The minimum Gasteiger partial charge on any atom is -0.297 e. The van der Waals surface area contributed by atoms with Gasteiger partial charge in [0.15, 0.2) is 0 Å². The van der Waals surface area contributed by atoms with Crippen LogP contribution in [0, 0.1) is 11.3 Å². The summed E-state index contributed by atoms with van der Waals surface area (Å²) in [5.41, 5.74) is 0. The van der Waals surface area contributed by atoms with Gasteiger partial charge in [-0.1, -0.05) is 0 Å². The molecular formula is C8H9BrN2S. The van der Waals surface area contributed by atoms with E-state index in [1.165, 1.54) is 4.88 Å². The van der Waals surface area contributed by atoms with E-state index in [-0.39, 0.29) is 6.04 Å². The summed E-state index contributed by atoms with van der Waals surface area (Å²) < 4.78 is 1.13. The van der Waals surface area contributed by atoms with Crippen LogP contribution in [-0.4, -0.2) is 6.54 Å². The van der Waals surface area contributed by atoms with Crippen LogP contribution in [0.1, 0.15) is 17.8 Å². The van der Waals surface area contributed by atoms with E-state index >= 15 is 0 Å². The number of hydrogen-bond donors (Lipinski definition) is 1. The molecule has 1 aromatic rings. The highest BCUT2D eigenvalue weighted by atomic mass is 79.9. The van der Waals surface area contributed by atoms with Gasteiger partial charge in [-0.3, -0.25) is 5.32 Å². The van der Waals surface area contributed by atoms with Crippen LogP contribution in [0.5, 0.6) is 0 Å². The predicted octanol–water partition coefficient (Wildman–Crippen LogP) is 2.68. The first-order chi connectivity index (χ1) is 5.74. The number of nitrogens with one attached hydrogen (secondary N) is 1. The number of nitriles is 1. The van der Waals surface area contributed by atoms with Crippen LogP contribution in [0.25, 0.3) is 0 Å². The lowest BCUT2D eigenvalue weighted by atomic mass is 10.3. The van der Waals surface area contributed by atoms with Crippen LogP contribution in [0.2, 0.25) is 0 Å². The molecule has 0 spiro atoms. The Morgan fingerprint density at radius 1 is 1.75 bits per heavy atom. The minimum atomic E-state index is 0.265. The SMILES string of the molecule is C[C@@H](NCC#N)c1ccc(Br)s1. The smallest absolute Gasteiger partial charge is 0.0845 e. The molecule has 0 saturated heterocycles. The maximum Gasteiger partial charge on any atom is 0.0845 e. The number of halogens is 1. The summed E-state index contributed by atoms with van der Waals surface area (Å²) in [7, 11) is 0. The standard InChI is InChI=1S/C8H9BrN2S/c1-6(11-5-4-10)7-2-3-8(9)12-7/h2-3,6,11H,5H2,1H3/t6-/m1/s1. The van der Waals surface area contributed by atoms with Crippen molar-refractivity contribution in [2.75, 3.05) is 6.54 Å². The highest BCUT2D eigenvalue weighted by Crippen LogP contribution is 2.26. The number of thiophene rings is 1. The molecule has 0 aliphatic rings. The molecule has 1 heterocycles. The van der Waals surface area contributed by atoms with E-state index in [0.29, 0.717) is 6.54 Å². The largest absolute Gasteiger partial charge is 0.297 e. The Kier molecular flexibility index (Phi) is 3.73. The fourth-order valence-electron chi connectivity index (χ4n) is 0.860. The van der Waals surface area contributed by atoms with Crippen molar-refractivity contribution in [3.63, 3.8) is 0 Å². The fraction of sp³-hybridized carbons (Fsp3) is 0.375. The van der Waals surface area contributed by atoms with Crippen LogP contribution < -0.4 is 5.32 Å². The lowest BCUT2D eigenvalue weighted by Crippen LogP contribution is -2.17. The van der Waals surface area contributed by atoms with E-state index < -0.39 is 0 Å². The maximum atomic E-state index is 8.35. The third-order valence-corrected chi connectivity index (χ3v) is 3.31. The molecule has 0 aliphatic carbocycles. The summed E-state index contributed by atoms with van der Waals surface area (Å²) in [6, 6.07) is 6.40. The summed E-state index contributed by atoms with van der Waals surface area (Å²) in [6.07, 6.45) is 0. The van der Waals surface area contributed by atoms with Gasteiger partial charge >= 0.3 is 0 Å². The first-order valence-corrected chi connectivity index (χ1v) is 5.20. The Morgan fingerprint density at radius 3 is 3.00 bits per heavy atom. The van der Waals surface area contributed by atoms with E-state index in [9.17, 15) is 0 Å². The van der Waals surface area contributed by atoms with E-state index in [4.69, 9.17) is 5.26 Å². The van der Waals surface area contributed by atoms with Crippen LogP contribution >= 0.6 is 27.3 Å². The van der Waals surface area contributed by atoms with E-state index in [0.717, 1.165) is 3.79 Å². The Hall–Kier alpha value is -0.370. The lowest BCUT2D eigenvalue weighted by Gasteiger charge is -2.07. The molecular weight excluding hydrogens is 236 g/mol. The topological polar surface area (TPSA) is 35.8 Å². The van der Waals surface area contributed by atoms with Gasteiger partial charge in [-0.05, 0) is 35.0 Å². The average Bonchev–Trinajstić information content (AvgIpc) is 2.47. The van der Waals surface area contributed by atoms with Gasteiger partial charge in [0.05, 0.1) is 16.4 Å². The van der Waals surface area contributed by atoms with Crippen molar-refractivity contribution in [1.29, 1.82) is 5.26 Å². The maximum absolute atomic E-state index is 8.35. The molecule has 0 aliphatic heterocycles. The second-order valence-corrected chi connectivity index (χ2v) is 4.90. The zero-order chi connectivity index (χ0) is 8.97. The predicted molar refractivity (Wildman–Crippen MR) is 54.0 cm³/mol. The van der Waals surface area contributed by atoms with Gasteiger partial charge in [0.2, 0.25) is 0 Å². The molecule has 12 heavy (non-hydrogen) atoms. The second kappa shape index (κ2) is 4.61. The monoisotopic (exact) mass is 244 g/mol. The van der Waals surface area contributed by atoms with Gasteiger partial charge in [-0.2, -0.15) is 5.26 Å². The van der Waals surface area contributed by atoms with Crippen LogP contribution in [0.15, 0.2) is 15.9 Å². The van der Waals surface area contributed by atoms with Crippen molar-refractivity contribution in [1.82, 2.24) is 5.32 Å². The third kappa shape index (κ3) is 2.59. The van der Waals surface area contributed by atoms with Crippen molar-refractivity contribution >= 4 is 27.3 Å². The average molecular weight is 245 g/mol. The summed E-state index contributed by atoms with van der Waals surface area (Å²) >= 11 is 5.09. The molecule has 1 N–H and O–H groups in total. The molecule has 0 radical (unpaired) electrons. The minimum absolute atomic E-state index is 0.265. The zero-order valence-electron chi connectivity index (χ0n) is 6.67. The quantitative estimate of drug-likeness (QED) is 0.831. The molecule has 0 amide bonds. The van der Waals surface area contributed by atoms with E-state index in [1.807, 2.05) is 6.07 Å². The normalized spacial score (nSPS) is 12.4. The Balaban J connectivity index is 2.54. The molecule has 1 rings (SSSR count). The third-order valence-electron chi connectivity index (χ3n) is 1.51. The first kappa shape index (κ1) is 9.72. The van der Waals surface area contributed by atoms with Crippen LogP contribution in [0.4, 0.5) is 0 Å². The van der Waals surface area contributed by atoms with Gasteiger partial charge in [0, 0.05) is 10.9 Å². The fourth-order valence-corrected chi connectivity index (χ4v) is 2.31. The Morgan fingerprint density at radius 2 is 2.50 bits per heavy atom. The molecule has 1 aromatic heterocycles. The summed E-state index contributed by atoms with van der Waals surface area (Å²) in [4.78, 5) is 1.25. The van der Waals surface area contributed by atoms with Gasteiger partial charge in [0.1, 0.15) is 0 Å². The first-order valence-electron chi connectivity index (χ1n) is 3.59. The van der Waals surface area contributed by atoms with Gasteiger partial charge in [-0.15, -0.1) is 11.3 Å². The van der Waals surface area contributed by atoms with Crippen molar-refractivity contribution in [3.8, 4) is 6.07 Å². The molecule has 0 unspecified atom stereocenters. The van der Waals surface area contributed by atoms with E-state index in [1.54, 1.807) is 11.3 Å². The summed E-state index contributed by atoms with van der Waals surface area (Å²) in [5, 5.41) is 11.4. The van der Waals surface area contributed by atoms with Crippen molar-refractivity contribution in [2.24, 2.45) is 0 Å².